The zero-order valence-electron chi connectivity index (χ0n) is 14.1. The third-order valence-corrected chi connectivity index (χ3v) is 4.64. The Morgan fingerprint density at radius 2 is 1.85 bits per heavy atom. The molecule has 0 atom stereocenters. The molecule has 26 heavy (non-hydrogen) atoms. The quantitative estimate of drug-likeness (QED) is 0.576. The van der Waals surface area contributed by atoms with Crippen LogP contribution in [-0.4, -0.2) is 34.3 Å². The number of imide groups is 1. The lowest BCUT2D eigenvalue weighted by atomic mass is 10.1. The van der Waals surface area contributed by atoms with E-state index in [4.69, 9.17) is 0 Å². The second-order valence-corrected chi connectivity index (χ2v) is 7.04. The van der Waals surface area contributed by atoms with Crippen molar-refractivity contribution in [1.82, 2.24) is 4.90 Å². The average molecular weight is 417 g/mol. The summed E-state index contributed by atoms with van der Waals surface area (Å²) in [5, 5.41) is 12.4. The second kappa shape index (κ2) is 7.29. The van der Waals surface area contributed by atoms with Crippen molar-refractivity contribution in [2.75, 3.05) is 11.9 Å². The lowest BCUT2D eigenvalue weighted by Gasteiger charge is -2.13. The van der Waals surface area contributed by atoms with Gasteiger partial charge in [0, 0.05) is 17.4 Å². The van der Waals surface area contributed by atoms with Crippen molar-refractivity contribution in [3.8, 4) is 5.75 Å². The van der Waals surface area contributed by atoms with Gasteiger partial charge in [0.25, 0.3) is 11.8 Å². The van der Waals surface area contributed by atoms with Crippen LogP contribution >= 0.6 is 15.9 Å². The van der Waals surface area contributed by atoms with Crippen molar-refractivity contribution < 1.29 is 19.5 Å². The van der Waals surface area contributed by atoms with Gasteiger partial charge >= 0.3 is 0 Å². The number of aromatic hydroxyl groups is 1. The molecule has 0 unspecified atom stereocenters. The van der Waals surface area contributed by atoms with Crippen molar-refractivity contribution in [3.05, 3.63) is 57.6 Å². The van der Waals surface area contributed by atoms with Gasteiger partial charge in [0.15, 0.2) is 0 Å². The molecule has 0 aliphatic carbocycles. The number of carbonyl (C=O) groups is 3. The number of fused-ring (bicyclic) bond motifs is 1. The Labute approximate surface area is 158 Å². The van der Waals surface area contributed by atoms with Gasteiger partial charge < -0.3 is 10.4 Å². The van der Waals surface area contributed by atoms with Gasteiger partial charge in [0.2, 0.25) is 5.91 Å². The molecule has 0 radical (unpaired) electrons. The first-order valence-corrected chi connectivity index (χ1v) is 8.91. The third kappa shape index (κ3) is 3.62. The molecule has 134 valence electrons. The summed E-state index contributed by atoms with van der Waals surface area (Å²) in [5.41, 5.74) is 1.98. The number of rotatable bonds is 5. The molecule has 1 aliphatic heterocycles. The van der Waals surface area contributed by atoms with Crippen molar-refractivity contribution in [3.63, 3.8) is 0 Å². The number of aryl methyl sites for hydroxylation is 1. The van der Waals surface area contributed by atoms with Gasteiger partial charge in [0.1, 0.15) is 5.75 Å². The van der Waals surface area contributed by atoms with Crippen LogP contribution in [0.4, 0.5) is 5.69 Å². The minimum atomic E-state index is -0.345. The molecule has 0 aromatic heterocycles. The molecule has 1 aliphatic rings. The molecule has 6 nitrogen and oxygen atoms in total. The maximum absolute atomic E-state index is 12.4. The lowest BCUT2D eigenvalue weighted by Crippen LogP contribution is -2.31. The highest BCUT2D eigenvalue weighted by molar-refractivity contribution is 9.10. The number of carbonyl (C=O) groups excluding carboxylic acids is 3. The molecule has 0 saturated heterocycles. The van der Waals surface area contributed by atoms with Crippen LogP contribution in [0.1, 0.15) is 39.1 Å². The molecule has 2 aromatic rings. The molecule has 7 heteroatoms. The highest BCUT2D eigenvalue weighted by atomic mass is 79.9. The number of nitrogens with zero attached hydrogens (tertiary/aromatic N) is 1. The Bertz CT molecular complexity index is 910. The fourth-order valence-corrected chi connectivity index (χ4v) is 3.18. The molecule has 0 fully saturated rings. The van der Waals surface area contributed by atoms with Crippen LogP contribution in [-0.2, 0) is 4.79 Å². The number of benzene rings is 2. The van der Waals surface area contributed by atoms with Crippen LogP contribution in [0.2, 0.25) is 0 Å². The molecule has 3 rings (SSSR count). The molecule has 0 saturated carbocycles. The standard InChI is InChI=1S/C19H17BrN2O4/c1-11-4-7-15(16(23)9-11)21-17(24)3-2-8-22-18(25)13-6-5-12(20)10-14(13)19(22)26/h4-7,9-10,23H,2-3,8H2,1H3,(H,21,24). The van der Waals surface area contributed by atoms with Gasteiger partial charge in [0.05, 0.1) is 16.8 Å². The summed E-state index contributed by atoms with van der Waals surface area (Å²) >= 11 is 3.29. The average Bonchev–Trinajstić information content (AvgIpc) is 2.82. The molecule has 2 N–H and O–H groups in total. The molecule has 1 heterocycles. The Morgan fingerprint density at radius 3 is 2.58 bits per heavy atom. The summed E-state index contributed by atoms with van der Waals surface area (Å²) in [4.78, 5) is 37.9. The van der Waals surface area contributed by atoms with Gasteiger partial charge in [-0.15, -0.1) is 0 Å². The summed E-state index contributed by atoms with van der Waals surface area (Å²) in [6.07, 6.45) is 0.468. The highest BCUT2D eigenvalue weighted by Crippen LogP contribution is 2.27. The fourth-order valence-electron chi connectivity index (χ4n) is 2.82. The Hall–Kier alpha value is -2.67. The first kappa shape index (κ1) is 18.1. The maximum atomic E-state index is 12.4. The fraction of sp³-hybridized carbons (Fsp3) is 0.211. The normalized spacial score (nSPS) is 13.1. The molecule has 0 bridgehead atoms. The summed E-state index contributed by atoms with van der Waals surface area (Å²) in [5.74, 6) is -0.968. The maximum Gasteiger partial charge on any atom is 0.261 e. The van der Waals surface area contributed by atoms with E-state index < -0.39 is 0 Å². The zero-order valence-corrected chi connectivity index (χ0v) is 15.7. The summed E-state index contributed by atoms with van der Waals surface area (Å²) < 4.78 is 0.733. The van der Waals surface area contributed by atoms with Crippen molar-refractivity contribution in [2.24, 2.45) is 0 Å². The molecule has 2 aromatic carbocycles. The first-order valence-electron chi connectivity index (χ1n) is 8.12. The van der Waals surface area contributed by atoms with E-state index in [0.717, 1.165) is 14.9 Å². The van der Waals surface area contributed by atoms with Gasteiger partial charge in [-0.05, 0) is 49.2 Å². The van der Waals surface area contributed by atoms with Crippen LogP contribution in [0.15, 0.2) is 40.9 Å². The van der Waals surface area contributed by atoms with Crippen LogP contribution in [0.25, 0.3) is 0 Å². The number of nitrogens with one attached hydrogen (secondary N) is 1. The van der Waals surface area contributed by atoms with Crippen LogP contribution in [0, 0.1) is 6.92 Å². The van der Waals surface area contributed by atoms with Gasteiger partial charge in [-0.3, -0.25) is 19.3 Å². The Morgan fingerprint density at radius 1 is 1.12 bits per heavy atom. The number of amides is 3. The minimum Gasteiger partial charge on any atom is -0.506 e. The van der Waals surface area contributed by atoms with E-state index in [1.54, 1.807) is 36.4 Å². The van der Waals surface area contributed by atoms with Crippen LogP contribution in [0.5, 0.6) is 5.75 Å². The summed E-state index contributed by atoms with van der Waals surface area (Å²) in [7, 11) is 0. The van der Waals surface area contributed by atoms with Gasteiger partial charge in [-0.25, -0.2) is 0 Å². The smallest absolute Gasteiger partial charge is 0.261 e. The van der Waals surface area contributed by atoms with Crippen LogP contribution < -0.4 is 5.32 Å². The van der Waals surface area contributed by atoms with Crippen molar-refractivity contribution in [2.45, 2.75) is 19.8 Å². The highest BCUT2D eigenvalue weighted by Gasteiger charge is 2.35. The number of anilines is 1. The predicted octanol–water partition coefficient (Wildman–Crippen LogP) is 3.48. The second-order valence-electron chi connectivity index (χ2n) is 6.12. The predicted molar refractivity (Wildman–Crippen MR) is 100 cm³/mol. The van der Waals surface area contributed by atoms with E-state index in [9.17, 15) is 19.5 Å². The van der Waals surface area contributed by atoms with Crippen molar-refractivity contribution >= 4 is 39.3 Å². The van der Waals surface area contributed by atoms with E-state index in [1.165, 1.54) is 0 Å². The van der Waals surface area contributed by atoms with E-state index >= 15 is 0 Å². The van der Waals surface area contributed by atoms with E-state index in [2.05, 4.69) is 21.2 Å². The Balaban J connectivity index is 1.56. The number of hydrogen-bond donors (Lipinski definition) is 2. The third-order valence-electron chi connectivity index (χ3n) is 4.15. The number of halogens is 1. The van der Waals surface area contributed by atoms with E-state index in [0.29, 0.717) is 23.2 Å². The zero-order chi connectivity index (χ0) is 18.8. The molecule has 0 spiro atoms. The molecular formula is C19H17BrN2O4. The number of phenols is 1. The summed E-state index contributed by atoms with van der Waals surface area (Å²) in [6, 6.07) is 9.94. The minimum absolute atomic E-state index is 0.00396. The lowest BCUT2D eigenvalue weighted by molar-refractivity contribution is -0.116. The topological polar surface area (TPSA) is 86.7 Å². The summed E-state index contributed by atoms with van der Waals surface area (Å²) in [6.45, 7) is 2.00. The molecule has 3 amide bonds. The van der Waals surface area contributed by atoms with Gasteiger partial charge in [-0.1, -0.05) is 22.0 Å². The Kier molecular flexibility index (Phi) is 5.08. The van der Waals surface area contributed by atoms with Gasteiger partial charge in [-0.2, -0.15) is 0 Å². The first-order chi connectivity index (χ1) is 12.4. The largest absolute Gasteiger partial charge is 0.506 e. The number of hydrogen-bond acceptors (Lipinski definition) is 4. The van der Waals surface area contributed by atoms with Crippen LogP contribution in [0.3, 0.4) is 0 Å². The van der Waals surface area contributed by atoms with E-state index in [1.807, 2.05) is 6.92 Å². The monoisotopic (exact) mass is 416 g/mol. The van der Waals surface area contributed by atoms with E-state index in [-0.39, 0.29) is 36.4 Å². The van der Waals surface area contributed by atoms with Crippen molar-refractivity contribution in [1.29, 1.82) is 0 Å². The number of phenolic OH excluding ortho intramolecular Hbond substituents is 1. The SMILES string of the molecule is Cc1ccc(NC(=O)CCCN2C(=O)c3ccc(Br)cc3C2=O)c(O)c1. The molecular weight excluding hydrogens is 400 g/mol.